The van der Waals surface area contributed by atoms with Gasteiger partial charge in [0.2, 0.25) is 0 Å². The van der Waals surface area contributed by atoms with Crippen LogP contribution in [-0.4, -0.2) is 12.0 Å². The summed E-state index contributed by atoms with van der Waals surface area (Å²) in [6.45, 7) is 2.14. The molecule has 3 aromatic rings. The van der Waals surface area contributed by atoms with Gasteiger partial charge in [0.05, 0.1) is 16.3 Å². The van der Waals surface area contributed by atoms with Gasteiger partial charge in [-0.2, -0.15) is 0 Å². The fraction of sp³-hybridized carbons (Fsp3) is 0.214. The Labute approximate surface area is 114 Å². The van der Waals surface area contributed by atoms with Crippen molar-refractivity contribution in [3.8, 4) is 0 Å². The van der Waals surface area contributed by atoms with E-state index in [1.165, 1.54) is 20.0 Å². The first-order chi connectivity index (χ1) is 8.78. The van der Waals surface area contributed by atoms with Gasteiger partial charge in [-0.05, 0) is 49.2 Å². The first-order valence-corrected chi connectivity index (χ1v) is 7.54. The average molecular weight is 274 g/mol. The summed E-state index contributed by atoms with van der Waals surface area (Å²) in [5, 5.41) is 5.47. The number of pyridine rings is 1. The van der Waals surface area contributed by atoms with Crippen LogP contribution in [0.25, 0.3) is 10.2 Å². The highest BCUT2D eigenvalue weighted by Crippen LogP contribution is 2.30. The topological polar surface area (TPSA) is 24.9 Å². The molecule has 0 spiro atoms. The molecule has 0 amide bonds. The second kappa shape index (κ2) is 4.80. The molecule has 3 rings (SSSR count). The molecule has 4 heteroatoms. The van der Waals surface area contributed by atoms with Gasteiger partial charge in [-0.3, -0.25) is 4.98 Å². The highest BCUT2D eigenvalue weighted by molar-refractivity contribution is 7.17. The molecular formula is C14H14N2S2. The van der Waals surface area contributed by atoms with E-state index in [0.717, 1.165) is 5.52 Å². The number of aromatic nitrogens is 1. The fourth-order valence-corrected chi connectivity index (χ4v) is 3.91. The van der Waals surface area contributed by atoms with E-state index in [9.17, 15) is 0 Å². The Bertz CT molecular complexity index is 669. The molecule has 1 atom stereocenters. The number of fused-ring (bicyclic) bond motifs is 1. The van der Waals surface area contributed by atoms with Crippen LogP contribution >= 0.6 is 22.7 Å². The van der Waals surface area contributed by atoms with Crippen LogP contribution < -0.4 is 5.32 Å². The van der Waals surface area contributed by atoms with E-state index in [2.05, 4.69) is 46.9 Å². The summed E-state index contributed by atoms with van der Waals surface area (Å²) in [7, 11) is 2.00. The molecule has 0 aliphatic carbocycles. The monoisotopic (exact) mass is 274 g/mol. The number of hydrogen-bond acceptors (Lipinski definition) is 4. The van der Waals surface area contributed by atoms with Crippen LogP contribution in [-0.2, 0) is 0 Å². The molecule has 0 aliphatic heterocycles. The lowest BCUT2D eigenvalue weighted by Crippen LogP contribution is -2.16. The predicted molar refractivity (Wildman–Crippen MR) is 79.6 cm³/mol. The molecule has 1 unspecified atom stereocenters. The van der Waals surface area contributed by atoms with E-state index in [-0.39, 0.29) is 6.04 Å². The summed E-state index contributed by atoms with van der Waals surface area (Å²) in [5.74, 6) is 0. The molecule has 0 saturated heterocycles. The predicted octanol–water partition coefficient (Wildman–Crippen LogP) is 3.98. The zero-order chi connectivity index (χ0) is 12.5. The Morgan fingerprint density at radius 1 is 1.28 bits per heavy atom. The zero-order valence-electron chi connectivity index (χ0n) is 10.3. The maximum atomic E-state index is 4.52. The van der Waals surface area contributed by atoms with Gasteiger partial charge < -0.3 is 5.32 Å². The molecule has 0 bridgehead atoms. The Balaban J connectivity index is 2.04. The summed E-state index contributed by atoms with van der Waals surface area (Å²) in [4.78, 5) is 7.20. The van der Waals surface area contributed by atoms with Crippen molar-refractivity contribution in [3.63, 3.8) is 0 Å². The molecule has 0 radical (unpaired) electrons. The minimum Gasteiger partial charge on any atom is -0.309 e. The van der Waals surface area contributed by atoms with Crippen LogP contribution in [0.5, 0.6) is 0 Å². The summed E-state index contributed by atoms with van der Waals surface area (Å²) >= 11 is 3.58. The Morgan fingerprint density at radius 2 is 2.17 bits per heavy atom. The van der Waals surface area contributed by atoms with Crippen molar-refractivity contribution >= 4 is 32.9 Å². The second-order valence-corrected chi connectivity index (χ2v) is 6.51. The SMILES string of the molecule is CNC(c1cnc2ccsc2c1)c1ccc(C)s1. The standard InChI is InChI=1S/C14H14N2S2/c1-9-3-4-12(18-9)14(15-2)10-7-13-11(16-8-10)5-6-17-13/h3-8,14-15H,1-2H3. The van der Waals surface area contributed by atoms with Crippen molar-refractivity contribution in [2.24, 2.45) is 0 Å². The summed E-state index contributed by atoms with van der Waals surface area (Å²) < 4.78 is 1.25. The van der Waals surface area contributed by atoms with Crippen LogP contribution in [0.3, 0.4) is 0 Å². The van der Waals surface area contributed by atoms with Crippen LogP contribution in [0, 0.1) is 6.92 Å². The fourth-order valence-electron chi connectivity index (χ4n) is 2.10. The molecule has 18 heavy (non-hydrogen) atoms. The largest absolute Gasteiger partial charge is 0.309 e. The minimum absolute atomic E-state index is 0.239. The van der Waals surface area contributed by atoms with Crippen molar-refractivity contribution in [2.45, 2.75) is 13.0 Å². The smallest absolute Gasteiger partial charge is 0.0809 e. The third-order valence-electron chi connectivity index (χ3n) is 2.99. The first kappa shape index (κ1) is 11.8. The van der Waals surface area contributed by atoms with E-state index in [1.807, 2.05) is 24.6 Å². The van der Waals surface area contributed by atoms with Crippen LogP contribution in [0.2, 0.25) is 0 Å². The molecule has 2 nitrogen and oxygen atoms in total. The number of hydrogen-bond donors (Lipinski definition) is 1. The van der Waals surface area contributed by atoms with Crippen molar-refractivity contribution < 1.29 is 0 Å². The number of rotatable bonds is 3. The van der Waals surface area contributed by atoms with E-state index in [4.69, 9.17) is 0 Å². The number of nitrogens with one attached hydrogen (secondary N) is 1. The van der Waals surface area contributed by atoms with Crippen molar-refractivity contribution in [1.82, 2.24) is 10.3 Å². The lowest BCUT2D eigenvalue weighted by Gasteiger charge is -2.14. The van der Waals surface area contributed by atoms with Gasteiger partial charge in [0.25, 0.3) is 0 Å². The molecule has 0 saturated carbocycles. The van der Waals surface area contributed by atoms with Gasteiger partial charge in [0.15, 0.2) is 0 Å². The van der Waals surface area contributed by atoms with Crippen LogP contribution in [0.15, 0.2) is 35.8 Å². The molecule has 3 aromatic heterocycles. The van der Waals surface area contributed by atoms with Crippen molar-refractivity contribution in [3.05, 3.63) is 51.2 Å². The third-order valence-corrected chi connectivity index (χ3v) is 4.91. The molecule has 0 aliphatic rings. The lowest BCUT2D eigenvalue weighted by molar-refractivity contribution is 0.702. The zero-order valence-corrected chi connectivity index (χ0v) is 11.9. The van der Waals surface area contributed by atoms with Gasteiger partial charge in [0, 0.05) is 16.0 Å². The van der Waals surface area contributed by atoms with Gasteiger partial charge in [-0.25, -0.2) is 0 Å². The molecular weight excluding hydrogens is 260 g/mol. The summed E-state index contributed by atoms with van der Waals surface area (Å²) in [5.41, 5.74) is 2.32. The highest BCUT2D eigenvalue weighted by atomic mass is 32.1. The Morgan fingerprint density at radius 3 is 2.89 bits per heavy atom. The summed E-state index contributed by atoms with van der Waals surface area (Å²) in [6.07, 6.45) is 1.98. The summed E-state index contributed by atoms with van der Waals surface area (Å²) in [6, 6.07) is 8.90. The van der Waals surface area contributed by atoms with Crippen molar-refractivity contribution in [1.29, 1.82) is 0 Å². The number of thiophene rings is 2. The maximum absolute atomic E-state index is 4.52. The van der Waals surface area contributed by atoms with E-state index in [1.54, 1.807) is 11.3 Å². The van der Waals surface area contributed by atoms with E-state index < -0.39 is 0 Å². The normalized spacial score (nSPS) is 13.0. The average Bonchev–Trinajstić information content (AvgIpc) is 2.99. The number of aryl methyl sites for hydroxylation is 1. The Hall–Kier alpha value is -1.23. The Kier molecular flexibility index (Phi) is 3.16. The van der Waals surface area contributed by atoms with Crippen LogP contribution in [0.1, 0.15) is 21.4 Å². The number of nitrogens with zero attached hydrogens (tertiary/aromatic N) is 1. The van der Waals surface area contributed by atoms with Gasteiger partial charge in [0.1, 0.15) is 0 Å². The molecule has 1 N–H and O–H groups in total. The third kappa shape index (κ3) is 2.07. The quantitative estimate of drug-likeness (QED) is 0.781. The van der Waals surface area contributed by atoms with Gasteiger partial charge in [-0.1, -0.05) is 0 Å². The van der Waals surface area contributed by atoms with Gasteiger partial charge in [-0.15, -0.1) is 22.7 Å². The van der Waals surface area contributed by atoms with Crippen molar-refractivity contribution in [2.75, 3.05) is 7.05 Å². The maximum Gasteiger partial charge on any atom is 0.0809 e. The first-order valence-electron chi connectivity index (χ1n) is 5.84. The molecule has 0 fully saturated rings. The molecule has 3 heterocycles. The second-order valence-electron chi connectivity index (χ2n) is 4.24. The van der Waals surface area contributed by atoms with E-state index >= 15 is 0 Å². The lowest BCUT2D eigenvalue weighted by atomic mass is 10.1. The molecule has 92 valence electrons. The van der Waals surface area contributed by atoms with Crippen LogP contribution in [0.4, 0.5) is 0 Å². The molecule has 0 aromatic carbocycles. The van der Waals surface area contributed by atoms with Gasteiger partial charge >= 0.3 is 0 Å². The minimum atomic E-state index is 0.239. The van der Waals surface area contributed by atoms with E-state index in [0.29, 0.717) is 0 Å². The highest BCUT2D eigenvalue weighted by Gasteiger charge is 2.14.